The van der Waals surface area contributed by atoms with Gasteiger partial charge < -0.3 is 11.1 Å². The molecule has 0 unspecified atom stereocenters. The van der Waals surface area contributed by atoms with E-state index in [9.17, 15) is 0 Å². The summed E-state index contributed by atoms with van der Waals surface area (Å²) in [6.07, 6.45) is 3.88. The van der Waals surface area contributed by atoms with Crippen molar-refractivity contribution in [2.24, 2.45) is 5.73 Å². The third-order valence-corrected chi connectivity index (χ3v) is 2.68. The van der Waals surface area contributed by atoms with Crippen LogP contribution in [0.5, 0.6) is 0 Å². The predicted molar refractivity (Wildman–Crippen MR) is 73.2 cm³/mol. The smallest absolute Gasteiger partial charge is 0.144 e. The second-order valence-corrected chi connectivity index (χ2v) is 4.08. The summed E-state index contributed by atoms with van der Waals surface area (Å²) in [5, 5.41) is 3.28. The van der Waals surface area contributed by atoms with Gasteiger partial charge in [-0.2, -0.15) is 0 Å². The number of benzene rings is 1. The Morgan fingerprint density at radius 3 is 2.72 bits per heavy atom. The first-order valence-electron chi connectivity index (χ1n) is 6.18. The summed E-state index contributed by atoms with van der Waals surface area (Å²) in [5.41, 5.74) is 6.86. The fourth-order valence-electron chi connectivity index (χ4n) is 1.75. The molecule has 2 aromatic rings. The van der Waals surface area contributed by atoms with Gasteiger partial charge in [0.2, 0.25) is 0 Å². The van der Waals surface area contributed by atoms with Crippen LogP contribution in [0.2, 0.25) is 0 Å². The molecule has 0 spiro atoms. The summed E-state index contributed by atoms with van der Waals surface area (Å²) in [7, 11) is 0. The van der Waals surface area contributed by atoms with Crippen molar-refractivity contribution < 1.29 is 0 Å². The van der Waals surface area contributed by atoms with Crippen LogP contribution in [0.1, 0.15) is 17.8 Å². The van der Waals surface area contributed by atoms with Crippen molar-refractivity contribution in [2.75, 3.05) is 11.9 Å². The topological polar surface area (TPSA) is 63.8 Å². The Hall–Kier alpha value is -1.94. The zero-order valence-electron chi connectivity index (χ0n) is 10.3. The van der Waals surface area contributed by atoms with E-state index in [4.69, 9.17) is 5.73 Å². The van der Waals surface area contributed by atoms with Crippen molar-refractivity contribution in [1.82, 2.24) is 9.97 Å². The second kappa shape index (κ2) is 6.71. The molecule has 94 valence electrons. The van der Waals surface area contributed by atoms with Gasteiger partial charge in [-0.1, -0.05) is 30.3 Å². The number of nitrogens with zero attached hydrogens (tertiary/aromatic N) is 2. The summed E-state index contributed by atoms with van der Waals surface area (Å²) in [6, 6.07) is 12.3. The lowest BCUT2D eigenvalue weighted by Crippen LogP contribution is -2.08. The number of rotatable bonds is 6. The molecule has 3 N–H and O–H groups in total. The van der Waals surface area contributed by atoms with Gasteiger partial charge in [-0.05, 0) is 24.5 Å². The number of aryl methyl sites for hydroxylation is 1. The molecule has 0 aliphatic rings. The van der Waals surface area contributed by atoms with E-state index < -0.39 is 0 Å². The number of nitrogens with one attached hydrogen (secondary N) is 1. The predicted octanol–water partition coefficient (Wildman–Crippen LogP) is 1.98. The van der Waals surface area contributed by atoms with Gasteiger partial charge in [0, 0.05) is 12.7 Å². The lowest BCUT2D eigenvalue weighted by Gasteiger charge is -2.06. The summed E-state index contributed by atoms with van der Waals surface area (Å²) < 4.78 is 0. The fourth-order valence-corrected chi connectivity index (χ4v) is 1.75. The van der Waals surface area contributed by atoms with Crippen LogP contribution in [0.25, 0.3) is 0 Å². The van der Waals surface area contributed by atoms with Crippen LogP contribution < -0.4 is 11.1 Å². The minimum atomic E-state index is 0.375. The fraction of sp³-hybridized carbons (Fsp3) is 0.286. The molecule has 18 heavy (non-hydrogen) atoms. The summed E-state index contributed by atoms with van der Waals surface area (Å²) in [6.45, 7) is 1.27. The Morgan fingerprint density at radius 1 is 1.11 bits per heavy atom. The zero-order chi connectivity index (χ0) is 12.6. The van der Waals surface area contributed by atoms with Crippen molar-refractivity contribution in [3.05, 3.63) is 54.0 Å². The van der Waals surface area contributed by atoms with Crippen LogP contribution in [-0.4, -0.2) is 16.5 Å². The Kier molecular flexibility index (Phi) is 4.67. The Labute approximate surface area is 107 Å². The van der Waals surface area contributed by atoms with Gasteiger partial charge in [-0.3, -0.25) is 0 Å². The van der Waals surface area contributed by atoms with Gasteiger partial charge in [0.15, 0.2) is 0 Å². The molecule has 0 atom stereocenters. The van der Waals surface area contributed by atoms with E-state index in [1.54, 1.807) is 6.20 Å². The summed E-state index contributed by atoms with van der Waals surface area (Å²) in [4.78, 5) is 8.35. The van der Waals surface area contributed by atoms with Gasteiger partial charge in [0.1, 0.15) is 11.6 Å². The average Bonchev–Trinajstić information content (AvgIpc) is 2.45. The van der Waals surface area contributed by atoms with Crippen molar-refractivity contribution >= 4 is 5.82 Å². The van der Waals surface area contributed by atoms with Crippen LogP contribution in [-0.2, 0) is 13.0 Å². The molecule has 0 saturated heterocycles. The van der Waals surface area contributed by atoms with Crippen molar-refractivity contribution in [1.29, 1.82) is 0 Å². The maximum absolute atomic E-state index is 5.50. The van der Waals surface area contributed by atoms with Crippen LogP contribution in [0.15, 0.2) is 42.6 Å². The normalized spacial score (nSPS) is 10.3. The highest BCUT2D eigenvalue weighted by Gasteiger charge is 1.97. The highest BCUT2D eigenvalue weighted by Crippen LogP contribution is 2.04. The molecule has 4 nitrogen and oxygen atoms in total. The third-order valence-electron chi connectivity index (χ3n) is 2.68. The average molecular weight is 242 g/mol. The van der Waals surface area contributed by atoms with Crippen LogP contribution >= 0.6 is 0 Å². The lowest BCUT2D eigenvalue weighted by atomic mass is 10.1. The van der Waals surface area contributed by atoms with Crippen LogP contribution in [0.4, 0.5) is 5.82 Å². The van der Waals surface area contributed by atoms with E-state index in [2.05, 4.69) is 39.6 Å². The van der Waals surface area contributed by atoms with E-state index in [-0.39, 0.29) is 0 Å². The lowest BCUT2D eigenvalue weighted by molar-refractivity contribution is 0.848. The molecule has 0 bridgehead atoms. The summed E-state index contributed by atoms with van der Waals surface area (Å²) in [5.74, 6) is 1.52. The van der Waals surface area contributed by atoms with E-state index in [0.29, 0.717) is 12.4 Å². The van der Waals surface area contributed by atoms with Crippen molar-refractivity contribution in [3.8, 4) is 0 Å². The maximum Gasteiger partial charge on any atom is 0.144 e. The minimum Gasteiger partial charge on any atom is -0.370 e. The quantitative estimate of drug-likeness (QED) is 0.760. The Morgan fingerprint density at radius 2 is 1.94 bits per heavy atom. The minimum absolute atomic E-state index is 0.375. The molecule has 0 saturated carbocycles. The zero-order valence-corrected chi connectivity index (χ0v) is 10.3. The molecule has 1 aromatic heterocycles. The van der Waals surface area contributed by atoms with Gasteiger partial charge >= 0.3 is 0 Å². The maximum atomic E-state index is 5.50. The van der Waals surface area contributed by atoms with E-state index in [0.717, 1.165) is 25.2 Å². The molecule has 1 heterocycles. The van der Waals surface area contributed by atoms with E-state index in [1.165, 1.54) is 5.56 Å². The van der Waals surface area contributed by atoms with Crippen molar-refractivity contribution in [3.63, 3.8) is 0 Å². The van der Waals surface area contributed by atoms with Crippen LogP contribution in [0, 0.1) is 0 Å². The number of hydrogen-bond acceptors (Lipinski definition) is 4. The molecule has 0 amide bonds. The number of anilines is 1. The van der Waals surface area contributed by atoms with Gasteiger partial charge in [-0.25, -0.2) is 9.97 Å². The van der Waals surface area contributed by atoms with Crippen molar-refractivity contribution in [2.45, 2.75) is 19.4 Å². The SMILES string of the molecule is NCc1nccc(NCCCc2ccccc2)n1. The van der Waals surface area contributed by atoms with Gasteiger partial charge in [0.05, 0.1) is 6.54 Å². The standard InChI is InChI=1S/C14H18N4/c15-11-14-17-10-8-13(18-14)16-9-4-7-12-5-2-1-3-6-12/h1-3,5-6,8,10H,4,7,9,11,15H2,(H,16,17,18). The molecule has 0 aliphatic heterocycles. The highest BCUT2D eigenvalue weighted by molar-refractivity contribution is 5.32. The number of aromatic nitrogens is 2. The first-order valence-corrected chi connectivity index (χ1v) is 6.18. The monoisotopic (exact) mass is 242 g/mol. The van der Waals surface area contributed by atoms with E-state index in [1.807, 2.05) is 12.1 Å². The third kappa shape index (κ3) is 3.82. The van der Waals surface area contributed by atoms with Crippen LogP contribution in [0.3, 0.4) is 0 Å². The molecular formula is C14H18N4. The first-order chi connectivity index (χ1) is 8.88. The highest BCUT2D eigenvalue weighted by atomic mass is 15.0. The Bertz CT molecular complexity index is 470. The number of nitrogens with two attached hydrogens (primary N) is 1. The molecule has 1 aromatic carbocycles. The Balaban J connectivity index is 1.75. The number of hydrogen-bond donors (Lipinski definition) is 2. The molecular weight excluding hydrogens is 224 g/mol. The van der Waals surface area contributed by atoms with Gasteiger partial charge in [-0.15, -0.1) is 0 Å². The molecule has 0 radical (unpaired) electrons. The first kappa shape index (κ1) is 12.5. The largest absolute Gasteiger partial charge is 0.370 e. The van der Waals surface area contributed by atoms with E-state index >= 15 is 0 Å². The molecule has 2 rings (SSSR count). The molecule has 0 aliphatic carbocycles. The summed E-state index contributed by atoms with van der Waals surface area (Å²) >= 11 is 0. The molecule has 0 fully saturated rings. The second-order valence-electron chi connectivity index (χ2n) is 4.08. The molecule has 4 heteroatoms. The van der Waals surface area contributed by atoms with Gasteiger partial charge in [0.25, 0.3) is 0 Å².